The lowest BCUT2D eigenvalue weighted by atomic mass is 10.5. The Hall–Kier alpha value is 0.137. The summed E-state index contributed by atoms with van der Waals surface area (Å²) in [7, 11) is 3.20. The summed E-state index contributed by atoms with van der Waals surface area (Å²) in [6.45, 7) is 4.28. The maximum Gasteiger partial charge on any atom is 0.143 e. The second-order valence-electron chi connectivity index (χ2n) is 2.03. The molecule has 0 aliphatic carbocycles. The second-order valence-corrected chi connectivity index (χ2v) is 3.81. The molecule has 0 spiro atoms. The second kappa shape index (κ2) is 4.03. The molecule has 0 bridgehead atoms. The van der Waals surface area contributed by atoms with Gasteiger partial charge in [0.05, 0.1) is 9.52 Å². The predicted octanol–water partition coefficient (Wildman–Crippen LogP) is 0.560. The van der Waals surface area contributed by atoms with Gasteiger partial charge in [-0.1, -0.05) is 13.5 Å². The van der Waals surface area contributed by atoms with E-state index in [9.17, 15) is 0 Å². The van der Waals surface area contributed by atoms with E-state index in [2.05, 4.69) is 13.5 Å². The molecule has 0 aliphatic heterocycles. The Morgan fingerprint density at radius 3 is 1.78 bits per heavy atom. The molecule has 0 atom stereocenters. The molecule has 9 heavy (non-hydrogen) atoms. The summed E-state index contributed by atoms with van der Waals surface area (Å²) >= 11 is 0. The molecule has 0 aromatic rings. The van der Waals surface area contributed by atoms with E-state index in [0.717, 1.165) is 6.42 Å². The van der Waals surface area contributed by atoms with E-state index in [1.165, 1.54) is 0 Å². The van der Waals surface area contributed by atoms with Gasteiger partial charge in [0, 0.05) is 14.2 Å². The van der Waals surface area contributed by atoms with Gasteiger partial charge in [0.25, 0.3) is 0 Å². The Balaban J connectivity index is 3.82. The average Bonchev–Trinajstić information content (AvgIpc) is 1.95. The topological polar surface area (TPSA) is 18.5 Å². The van der Waals surface area contributed by atoms with Crippen molar-refractivity contribution in [2.45, 2.75) is 25.3 Å². The summed E-state index contributed by atoms with van der Waals surface area (Å²) in [6.07, 6.45) is 0.961. The highest BCUT2D eigenvalue weighted by molar-refractivity contribution is 6.37. The van der Waals surface area contributed by atoms with Crippen molar-refractivity contribution < 1.29 is 9.47 Å². The fourth-order valence-corrected chi connectivity index (χ4v) is 1.99. The van der Waals surface area contributed by atoms with Crippen LogP contribution in [0.5, 0.6) is 0 Å². The van der Waals surface area contributed by atoms with Crippen molar-refractivity contribution in [2.75, 3.05) is 14.2 Å². The van der Waals surface area contributed by atoms with E-state index in [4.69, 9.17) is 9.47 Å². The Bertz CT molecular complexity index is 53.9. The molecule has 3 heteroatoms. The Morgan fingerprint density at radius 2 is 1.78 bits per heavy atom. The fourth-order valence-electron chi connectivity index (χ4n) is 0.911. The van der Waals surface area contributed by atoms with Crippen LogP contribution in [0.3, 0.4) is 0 Å². The lowest BCUT2D eigenvalue weighted by molar-refractivity contribution is -0.145. The maximum atomic E-state index is 5.22. The third kappa shape index (κ3) is 2.08. The molecule has 0 rings (SSSR count). The van der Waals surface area contributed by atoms with Gasteiger partial charge in [-0.2, -0.15) is 0 Å². The van der Waals surface area contributed by atoms with Crippen LogP contribution in [-0.2, 0) is 9.47 Å². The van der Waals surface area contributed by atoms with E-state index >= 15 is 0 Å². The zero-order chi connectivity index (χ0) is 7.33. The van der Waals surface area contributed by atoms with Gasteiger partial charge in [0.15, 0.2) is 0 Å². The quantitative estimate of drug-likeness (QED) is 0.428. The van der Waals surface area contributed by atoms with Crippen molar-refractivity contribution in [1.82, 2.24) is 0 Å². The van der Waals surface area contributed by atoms with Crippen molar-refractivity contribution in [3.63, 3.8) is 0 Å². The third-order valence-electron chi connectivity index (χ3n) is 1.82. The molecular weight excluding hydrogens is 132 g/mol. The largest absolute Gasteiger partial charge is 0.358 e. The number of ether oxygens (including phenoxy) is 2. The smallest absolute Gasteiger partial charge is 0.143 e. The van der Waals surface area contributed by atoms with Gasteiger partial charge in [-0.25, -0.2) is 0 Å². The average molecular weight is 148 g/mol. The molecule has 0 aliphatic rings. The Morgan fingerprint density at radius 1 is 1.33 bits per heavy atom. The molecule has 0 heterocycles. The summed E-state index contributed by atoms with van der Waals surface area (Å²) in [5.41, 5.74) is -0.194. The van der Waals surface area contributed by atoms with Crippen molar-refractivity contribution in [1.29, 1.82) is 0 Å². The summed E-state index contributed by atoms with van der Waals surface area (Å²) in [4.78, 5) is 0. The van der Waals surface area contributed by atoms with Crippen LogP contribution in [0.2, 0.25) is 6.55 Å². The van der Waals surface area contributed by atoms with Gasteiger partial charge >= 0.3 is 0 Å². The summed E-state index contributed by atoms with van der Waals surface area (Å²) in [6, 6.07) is 0. The van der Waals surface area contributed by atoms with E-state index in [1.807, 2.05) is 0 Å². The molecule has 0 saturated carbocycles. The van der Waals surface area contributed by atoms with Crippen molar-refractivity contribution in [2.24, 2.45) is 0 Å². The van der Waals surface area contributed by atoms with Crippen LogP contribution >= 0.6 is 0 Å². The third-order valence-corrected chi connectivity index (χ3v) is 3.98. The number of rotatable bonds is 4. The molecular formula is C6H16O2Si. The van der Waals surface area contributed by atoms with Gasteiger partial charge in [0.2, 0.25) is 0 Å². The van der Waals surface area contributed by atoms with E-state index in [0.29, 0.717) is 0 Å². The lowest BCUT2D eigenvalue weighted by Crippen LogP contribution is -2.38. The van der Waals surface area contributed by atoms with E-state index in [1.54, 1.807) is 14.2 Å². The fraction of sp³-hybridized carbons (Fsp3) is 1.00. The van der Waals surface area contributed by atoms with Gasteiger partial charge < -0.3 is 9.47 Å². The van der Waals surface area contributed by atoms with Crippen LogP contribution in [0.25, 0.3) is 0 Å². The summed E-state index contributed by atoms with van der Waals surface area (Å²) < 4.78 is 10.4. The van der Waals surface area contributed by atoms with Gasteiger partial charge in [-0.15, -0.1) is 0 Å². The SMILES string of the molecule is CCC(OC)(OC)[SiH2]C. The Kier molecular flexibility index (Phi) is 4.09. The number of hydrogen-bond donors (Lipinski definition) is 0. The zero-order valence-electron chi connectivity index (χ0n) is 6.73. The standard InChI is InChI=1S/C6H16O2Si/c1-5-6(7-2,8-3)9-4/h5,9H2,1-4H3. The maximum absolute atomic E-state index is 5.22. The van der Waals surface area contributed by atoms with E-state index < -0.39 is 0 Å². The monoisotopic (exact) mass is 148 g/mol. The first kappa shape index (κ1) is 9.14. The number of hydrogen-bond acceptors (Lipinski definition) is 2. The van der Waals surface area contributed by atoms with Gasteiger partial charge in [-0.3, -0.25) is 0 Å². The molecule has 2 nitrogen and oxygen atoms in total. The Labute approximate surface area is 59.4 Å². The zero-order valence-corrected chi connectivity index (χ0v) is 8.14. The normalized spacial score (nSPS) is 13.3. The first-order chi connectivity index (χ1) is 4.24. The minimum absolute atomic E-state index is 0.194. The van der Waals surface area contributed by atoms with E-state index in [-0.39, 0.29) is 14.9 Å². The minimum Gasteiger partial charge on any atom is -0.358 e. The predicted molar refractivity (Wildman–Crippen MR) is 41.4 cm³/mol. The highest BCUT2D eigenvalue weighted by atomic mass is 28.2. The molecule has 0 aromatic carbocycles. The highest BCUT2D eigenvalue weighted by Gasteiger charge is 2.23. The van der Waals surface area contributed by atoms with Crippen molar-refractivity contribution >= 4 is 9.52 Å². The van der Waals surface area contributed by atoms with Crippen LogP contribution in [-0.4, -0.2) is 29.1 Å². The molecule has 0 radical (unpaired) electrons. The highest BCUT2D eigenvalue weighted by Crippen LogP contribution is 2.12. The molecule has 0 amide bonds. The van der Waals surface area contributed by atoms with Crippen LogP contribution in [0.1, 0.15) is 13.3 Å². The first-order valence-electron chi connectivity index (χ1n) is 3.35. The van der Waals surface area contributed by atoms with Crippen LogP contribution in [0.4, 0.5) is 0 Å². The van der Waals surface area contributed by atoms with Crippen LogP contribution in [0.15, 0.2) is 0 Å². The van der Waals surface area contributed by atoms with Gasteiger partial charge in [-0.05, 0) is 6.42 Å². The molecule has 0 unspecified atom stereocenters. The molecule has 0 aromatic heterocycles. The van der Waals surface area contributed by atoms with Crippen LogP contribution < -0.4 is 0 Å². The van der Waals surface area contributed by atoms with Gasteiger partial charge in [0.1, 0.15) is 5.41 Å². The summed E-state index contributed by atoms with van der Waals surface area (Å²) in [5, 5.41) is 0. The molecule has 56 valence electrons. The van der Waals surface area contributed by atoms with Crippen molar-refractivity contribution in [3.8, 4) is 0 Å². The summed E-state index contributed by atoms with van der Waals surface area (Å²) in [5.74, 6) is 0. The van der Waals surface area contributed by atoms with Crippen molar-refractivity contribution in [3.05, 3.63) is 0 Å². The molecule has 0 fully saturated rings. The molecule has 0 saturated heterocycles. The number of methoxy groups -OCH3 is 2. The molecule has 0 N–H and O–H groups in total. The minimum atomic E-state index is -0.223. The first-order valence-corrected chi connectivity index (χ1v) is 5.47. The van der Waals surface area contributed by atoms with Crippen LogP contribution in [0, 0.1) is 0 Å². The lowest BCUT2D eigenvalue weighted by Gasteiger charge is -2.27.